The van der Waals surface area contributed by atoms with Gasteiger partial charge in [0.15, 0.2) is 0 Å². The lowest BCUT2D eigenvalue weighted by Crippen LogP contribution is -2.28. The van der Waals surface area contributed by atoms with E-state index in [1.807, 2.05) is 48.7 Å². The van der Waals surface area contributed by atoms with E-state index in [4.69, 9.17) is 11.6 Å². The Labute approximate surface area is 162 Å². The SMILES string of the molecule is Cn1cc(C(=O)NC[C@@H](c2ccccc2Cl)c2c[nH]c3ccccc23)cn1. The topological polar surface area (TPSA) is 62.7 Å². The summed E-state index contributed by atoms with van der Waals surface area (Å²) in [5.41, 5.74) is 3.68. The van der Waals surface area contributed by atoms with Gasteiger partial charge in [-0.05, 0) is 23.3 Å². The lowest BCUT2D eigenvalue weighted by Gasteiger charge is -2.19. The van der Waals surface area contributed by atoms with Crippen LogP contribution in [0.5, 0.6) is 0 Å². The number of para-hydroxylation sites is 1. The van der Waals surface area contributed by atoms with E-state index in [9.17, 15) is 4.79 Å². The Bertz CT molecular complexity index is 1100. The van der Waals surface area contributed by atoms with E-state index in [2.05, 4.69) is 21.5 Å². The Morgan fingerprint density at radius 3 is 2.74 bits per heavy atom. The van der Waals surface area contributed by atoms with Gasteiger partial charge < -0.3 is 10.3 Å². The van der Waals surface area contributed by atoms with Crippen molar-refractivity contribution < 1.29 is 4.79 Å². The number of nitrogens with one attached hydrogen (secondary N) is 2. The molecule has 0 aliphatic heterocycles. The molecule has 1 amide bonds. The van der Waals surface area contributed by atoms with E-state index in [0.717, 1.165) is 22.0 Å². The summed E-state index contributed by atoms with van der Waals surface area (Å²) in [7, 11) is 1.79. The van der Waals surface area contributed by atoms with Crippen molar-refractivity contribution in [3.05, 3.63) is 88.8 Å². The summed E-state index contributed by atoms with van der Waals surface area (Å²) >= 11 is 6.49. The molecular weight excluding hydrogens is 360 g/mol. The molecule has 0 bridgehead atoms. The number of carbonyl (C=O) groups excluding carboxylic acids is 1. The van der Waals surface area contributed by atoms with Gasteiger partial charge in [0.1, 0.15) is 0 Å². The molecule has 2 N–H and O–H groups in total. The normalized spacial score (nSPS) is 12.2. The maximum atomic E-state index is 12.5. The largest absolute Gasteiger partial charge is 0.361 e. The number of hydrogen-bond donors (Lipinski definition) is 2. The third-order valence-electron chi connectivity index (χ3n) is 4.71. The molecule has 0 spiro atoms. The highest BCUT2D eigenvalue weighted by molar-refractivity contribution is 6.31. The molecule has 0 fully saturated rings. The van der Waals surface area contributed by atoms with Crippen LogP contribution in [-0.2, 0) is 7.05 Å². The zero-order valence-electron chi connectivity index (χ0n) is 14.8. The van der Waals surface area contributed by atoms with Crippen LogP contribution in [-0.4, -0.2) is 27.2 Å². The number of H-pyrrole nitrogens is 1. The minimum absolute atomic E-state index is 0.0736. The standard InChI is InChI=1S/C21H19ClN4O/c1-26-13-14(10-25-26)21(27)24-12-17(15-6-2-4-8-19(15)22)18-11-23-20-9-5-3-7-16(18)20/h2-11,13,17,23H,12H2,1H3,(H,24,27)/t17-/m0/s1. The predicted molar refractivity (Wildman–Crippen MR) is 107 cm³/mol. The van der Waals surface area contributed by atoms with Gasteiger partial charge in [0.25, 0.3) is 5.91 Å². The number of aromatic amines is 1. The van der Waals surface area contributed by atoms with Gasteiger partial charge in [0.05, 0.1) is 11.8 Å². The number of aryl methyl sites for hydroxylation is 1. The van der Waals surface area contributed by atoms with Crippen LogP contribution in [0.3, 0.4) is 0 Å². The number of nitrogens with zero attached hydrogens (tertiary/aromatic N) is 2. The van der Waals surface area contributed by atoms with Gasteiger partial charge in [-0.15, -0.1) is 0 Å². The molecule has 0 unspecified atom stereocenters. The van der Waals surface area contributed by atoms with Crippen LogP contribution in [0.1, 0.15) is 27.4 Å². The number of halogens is 1. The van der Waals surface area contributed by atoms with Crippen LogP contribution in [0.15, 0.2) is 67.1 Å². The fourth-order valence-corrected chi connectivity index (χ4v) is 3.63. The first-order valence-corrected chi connectivity index (χ1v) is 9.08. The van der Waals surface area contributed by atoms with E-state index >= 15 is 0 Å². The highest BCUT2D eigenvalue weighted by Gasteiger charge is 2.21. The summed E-state index contributed by atoms with van der Waals surface area (Å²) in [5.74, 6) is -0.226. The summed E-state index contributed by atoms with van der Waals surface area (Å²) in [6, 6.07) is 15.9. The molecule has 5 nitrogen and oxygen atoms in total. The predicted octanol–water partition coefficient (Wildman–Crippen LogP) is 4.12. The van der Waals surface area contributed by atoms with Crippen molar-refractivity contribution in [2.24, 2.45) is 7.05 Å². The summed E-state index contributed by atoms with van der Waals surface area (Å²) in [4.78, 5) is 15.8. The molecular formula is C21H19ClN4O. The Morgan fingerprint density at radius 2 is 1.96 bits per heavy atom. The van der Waals surface area contributed by atoms with Crippen molar-refractivity contribution in [3.63, 3.8) is 0 Å². The Kier molecular flexibility index (Phi) is 4.69. The molecule has 2 heterocycles. The molecule has 1 atom stereocenters. The third kappa shape index (κ3) is 3.46. The first kappa shape index (κ1) is 17.4. The molecule has 0 saturated heterocycles. The number of benzene rings is 2. The number of amides is 1. The molecule has 0 radical (unpaired) electrons. The average molecular weight is 379 g/mol. The minimum atomic E-state index is -0.153. The zero-order valence-corrected chi connectivity index (χ0v) is 15.6. The second-order valence-electron chi connectivity index (χ2n) is 6.48. The summed E-state index contributed by atoms with van der Waals surface area (Å²) in [5, 5.41) is 8.89. The lowest BCUT2D eigenvalue weighted by atomic mass is 9.90. The molecule has 2 aromatic carbocycles. The number of hydrogen-bond acceptors (Lipinski definition) is 2. The average Bonchev–Trinajstić information content (AvgIpc) is 3.30. The first-order valence-electron chi connectivity index (χ1n) is 8.71. The Hall–Kier alpha value is -3.05. The first-order chi connectivity index (χ1) is 13.1. The highest BCUT2D eigenvalue weighted by atomic mass is 35.5. The van der Waals surface area contributed by atoms with Gasteiger partial charge >= 0.3 is 0 Å². The molecule has 136 valence electrons. The highest BCUT2D eigenvalue weighted by Crippen LogP contribution is 2.34. The minimum Gasteiger partial charge on any atom is -0.361 e. The summed E-state index contributed by atoms with van der Waals surface area (Å²) in [6.45, 7) is 0.430. The van der Waals surface area contributed by atoms with Crippen molar-refractivity contribution in [2.45, 2.75) is 5.92 Å². The zero-order chi connectivity index (χ0) is 18.8. The molecule has 2 aromatic heterocycles. The lowest BCUT2D eigenvalue weighted by molar-refractivity contribution is 0.0952. The van der Waals surface area contributed by atoms with Crippen molar-refractivity contribution in [1.82, 2.24) is 20.1 Å². The molecule has 4 aromatic rings. The number of rotatable bonds is 5. The van der Waals surface area contributed by atoms with Crippen molar-refractivity contribution >= 4 is 28.4 Å². The van der Waals surface area contributed by atoms with E-state index in [1.165, 1.54) is 0 Å². The van der Waals surface area contributed by atoms with Gasteiger partial charge in [-0.3, -0.25) is 9.48 Å². The fraction of sp³-hybridized carbons (Fsp3) is 0.143. The van der Waals surface area contributed by atoms with E-state index in [0.29, 0.717) is 17.1 Å². The Morgan fingerprint density at radius 1 is 1.19 bits per heavy atom. The van der Waals surface area contributed by atoms with Crippen molar-refractivity contribution in [3.8, 4) is 0 Å². The van der Waals surface area contributed by atoms with Gasteiger partial charge in [-0.1, -0.05) is 48.0 Å². The fourth-order valence-electron chi connectivity index (χ4n) is 3.36. The van der Waals surface area contributed by atoms with Gasteiger partial charge in [0.2, 0.25) is 0 Å². The number of aromatic nitrogens is 3. The number of fused-ring (bicyclic) bond motifs is 1. The molecule has 0 aliphatic rings. The molecule has 0 saturated carbocycles. The Balaban J connectivity index is 1.68. The van der Waals surface area contributed by atoms with Crippen molar-refractivity contribution in [2.75, 3.05) is 6.54 Å². The van der Waals surface area contributed by atoms with E-state index in [-0.39, 0.29) is 11.8 Å². The van der Waals surface area contributed by atoms with E-state index < -0.39 is 0 Å². The third-order valence-corrected chi connectivity index (χ3v) is 5.06. The quantitative estimate of drug-likeness (QED) is 0.548. The monoisotopic (exact) mass is 378 g/mol. The van der Waals surface area contributed by atoms with Crippen LogP contribution in [0, 0.1) is 0 Å². The second kappa shape index (κ2) is 7.29. The van der Waals surface area contributed by atoms with Gasteiger partial charge in [0, 0.05) is 47.8 Å². The molecule has 6 heteroatoms. The van der Waals surface area contributed by atoms with Crippen LogP contribution < -0.4 is 5.32 Å². The molecule has 27 heavy (non-hydrogen) atoms. The molecule has 4 rings (SSSR count). The molecule has 0 aliphatic carbocycles. The van der Waals surface area contributed by atoms with Crippen LogP contribution in [0.4, 0.5) is 0 Å². The summed E-state index contributed by atoms with van der Waals surface area (Å²) in [6.07, 6.45) is 5.26. The smallest absolute Gasteiger partial charge is 0.254 e. The summed E-state index contributed by atoms with van der Waals surface area (Å²) < 4.78 is 1.61. The number of carbonyl (C=O) groups is 1. The second-order valence-corrected chi connectivity index (χ2v) is 6.88. The van der Waals surface area contributed by atoms with Crippen molar-refractivity contribution in [1.29, 1.82) is 0 Å². The van der Waals surface area contributed by atoms with E-state index in [1.54, 1.807) is 24.1 Å². The van der Waals surface area contributed by atoms with Gasteiger partial charge in [-0.2, -0.15) is 5.10 Å². The van der Waals surface area contributed by atoms with Crippen LogP contribution >= 0.6 is 11.6 Å². The van der Waals surface area contributed by atoms with Crippen LogP contribution in [0.25, 0.3) is 10.9 Å². The van der Waals surface area contributed by atoms with Crippen LogP contribution in [0.2, 0.25) is 5.02 Å². The maximum absolute atomic E-state index is 12.5. The van der Waals surface area contributed by atoms with Gasteiger partial charge in [-0.25, -0.2) is 0 Å². The maximum Gasteiger partial charge on any atom is 0.254 e.